The molecule has 0 aliphatic rings. The SMILES string of the molecule is CC/C=C\C/C=C\C/C=C\C/C=C\C/C=C\C/C=C\C/C=C\C/C=C\C/C=C\C/C=C\C/C=C\C/C=C\CCCCCCC(=O)OC(CO)COC(=O)CCCCCCCCC/C=C\CCCCCCCC. The molecule has 0 heterocycles. The molecule has 0 aromatic rings. The van der Waals surface area contributed by atoms with E-state index in [4.69, 9.17) is 9.47 Å². The topological polar surface area (TPSA) is 72.8 Å². The molecule has 1 unspecified atom stereocenters. The van der Waals surface area contributed by atoms with Gasteiger partial charge in [0.15, 0.2) is 6.10 Å². The number of carbonyl (C=O) groups excluding carboxylic acids is 2. The third-order valence-corrected chi connectivity index (χ3v) is 11.8. The molecular formula is C67H106O5. The smallest absolute Gasteiger partial charge is 0.306 e. The van der Waals surface area contributed by atoms with Crippen molar-refractivity contribution in [3.8, 4) is 0 Å². The molecule has 0 radical (unpaired) electrons. The fraction of sp³-hybridized carbons (Fsp3) is 0.582. The van der Waals surface area contributed by atoms with Crippen molar-refractivity contribution in [2.45, 2.75) is 238 Å². The number of aliphatic hydroxyl groups excluding tert-OH is 1. The van der Waals surface area contributed by atoms with Crippen LogP contribution in [0.4, 0.5) is 0 Å². The first-order chi connectivity index (χ1) is 35.6. The van der Waals surface area contributed by atoms with Crippen molar-refractivity contribution in [3.63, 3.8) is 0 Å². The first-order valence-electron chi connectivity index (χ1n) is 29.0. The Labute approximate surface area is 443 Å². The van der Waals surface area contributed by atoms with Gasteiger partial charge in [0.05, 0.1) is 6.61 Å². The van der Waals surface area contributed by atoms with Crippen molar-refractivity contribution in [1.29, 1.82) is 0 Å². The van der Waals surface area contributed by atoms with E-state index >= 15 is 0 Å². The Hall–Kier alpha value is -4.48. The second-order valence-electron chi connectivity index (χ2n) is 18.6. The molecule has 1 N–H and O–H groups in total. The van der Waals surface area contributed by atoms with Crippen molar-refractivity contribution >= 4 is 11.9 Å². The summed E-state index contributed by atoms with van der Waals surface area (Å²) in [6.07, 6.45) is 93.5. The summed E-state index contributed by atoms with van der Waals surface area (Å²) in [6.45, 7) is 3.99. The van der Waals surface area contributed by atoms with E-state index in [1.165, 1.54) is 77.0 Å². The second kappa shape index (κ2) is 60.8. The number of hydrogen-bond acceptors (Lipinski definition) is 5. The van der Waals surface area contributed by atoms with Gasteiger partial charge in [-0.05, 0) is 128 Å². The van der Waals surface area contributed by atoms with Crippen LogP contribution in [0, 0.1) is 0 Å². The van der Waals surface area contributed by atoms with Gasteiger partial charge in [-0.25, -0.2) is 0 Å². The van der Waals surface area contributed by atoms with E-state index in [0.717, 1.165) is 128 Å². The minimum Gasteiger partial charge on any atom is -0.462 e. The van der Waals surface area contributed by atoms with Crippen LogP contribution in [0.1, 0.15) is 232 Å². The summed E-state index contributed by atoms with van der Waals surface area (Å²) in [4.78, 5) is 24.5. The van der Waals surface area contributed by atoms with Crippen LogP contribution in [0.2, 0.25) is 0 Å². The van der Waals surface area contributed by atoms with Gasteiger partial charge in [-0.3, -0.25) is 9.59 Å². The molecule has 0 bridgehead atoms. The Morgan fingerprint density at radius 2 is 0.597 bits per heavy atom. The van der Waals surface area contributed by atoms with E-state index in [1.807, 2.05) is 0 Å². The number of hydrogen-bond donors (Lipinski definition) is 1. The predicted octanol–water partition coefficient (Wildman–Crippen LogP) is 20.0. The van der Waals surface area contributed by atoms with Gasteiger partial charge >= 0.3 is 11.9 Å². The van der Waals surface area contributed by atoms with E-state index in [9.17, 15) is 14.7 Å². The summed E-state index contributed by atoms with van der Waals surface area (Å²) in [6, 6.07) is 0. The highest BCUT2D eigenvalue weighted by molar-refractivity contribution is 5.70. The molecule has 72 heavy (non-hydrogen) atoms. The number of unbranched alkanes of at least 4 members (excludes halogenated alkanes) is 17. The number of ether oxygens (including phenoxy) is 2. The molecule has 0 spiro atoms. The lowest BCUT2D eigenvalue weighted by Gasteiger charge is -2.15. The molecule has 0 saturated heterocycles. The fourth-order valence-electron chi connectivity index (χ4n) is 7.47. The lowest BCUT2D eigenvalue weighted by Crippen LogP contribution is -2.28. The second-order valence-corrected chi connectivity index (χ2v) is 18.6. The van der Waals surface area contributed by atoms with Gasteiger partial charge in [-0.2, -0.15) is 0 Å². The van der Waals surface area contributed by atoms with Crippen molar-refractivity contribution in [2.24, 2.45) is 0 Å². The van der Waals surface area contributed by atoms with E-state index in [0.29, 0.717) is 12.8 Å². The Morgan fingerprint density at radius 3 is 0.917 bits per heavy atom. The average molecular weight is 992 g/mol. The maximum absolute atomic E-state index is 12.3. The minimum absolute atomic E-state index is 0.0872. The van der Waals surface area contributed by atoms with Crippen LogP contribution in [0.15, 0.2) is 158 Å². The van der Waals surface area contributed by atoms with Gasteiger partial charge in [0.25, 0.3) is 0 Å². The summed E-state index contributed by atoms with van der Waals surface area (Å²) in [5.41, 5.74) is 0. The molecule has 0 fully saturated rings. The largest absolute Gasteiger partial charge is 0.462 e. The highest BCUT2D eigenvalue weighted by atomic mass is 16.6. The highest BCUT2D eigenvalue weighted by Crippen LogP contribution is 2.13. The van der Waals surface area contributed by atoms with Crippen LogP contribution in [-0.2, 0) is 19.1 Å². The zero-order valence-corrected chi connectivity index (χ0v) is 46.1. The van der Waals surface area contributed by atoms with Gasteiger partial charge < -0.3 is 14.6 Å². The van der Waals surface area contributed by atoms with E-state index in [2.05, 4.69) is 172 Å². The Balaban J connectivity index is 3.68. The molecule has 0 rings (SSSR count). The Morgan fingerprint density at radius 1 is 0.333 bits per heavy atom. The summed E-state index contributed by atoms with van der Waals surface area (Å²) in [5.74, 6) is -0.634. The van der Waals surface area contributed by atoms with E-state index in [1.54, 1.807) is 0 Å². The predicted molar refractivity (Wildman–Crippen MR) is 315 cm³/mol. The molecule has 0 aromatic heterocycles. The quantitative estimate of drug-likeness (QED) is 0.0373. The monoisotopic (exact) mass is 991 g/mol. The molecule has 5 heteroatoms. The maximum atomic E-state index is 12.3. The van der Waals surface area contributed by atoms with Crippen molar-refractivity contribution in [2.75, 3.05) is 13.2 Å². The molecule has 0 amide bonds. The summed E-state index contributed by atoms with van der Waals surface area (Å²) < 4.78 is 10.7. The maximum Gasteiger partial charge on any atom is 0.306 e. The van der Waals surface area contributed by atoms with E-state index < -0.39 is 6.10 Å². The van der Waals surface area contributed by atoms with Gasteiger partial charge in [0.1, 0.15) is 6.61 Å². The third-order valence-electron chi connectivity index (χ3n) is 11.8. The van der Waals surface area contributed by atoms with Crippen LogP contribution in [0.25, 0.3) is 0 Å². The van der Waals surface area contributed by atoms with Crippen LogP contribution in [-0.4, -0.2) is 36.4 Å². The molecule has 1 atom stereocenters. The number of carbonyl (C=O) groups is 2. The fourth-order valence-corrected chi connectivity index (χ4v) is 7.47. The number of esters is 2. The lowest BCUT2D eigenvalue weighted by atomic mass is 10.1. The molecule has 5 nitrogen and oxygen atoms in total. The molecule has 0 saturated carbocycles. The first-order valence-corrected chi connectivity index (χ1v) is 29.0. The number of rotatable bonds is 51. The van der Waals surface area contributed by atoms with Gasteiger partial charge in [-0.1, -0.05) is 249 Å². The van der Waals surface area contributed by atoms with Crippen LogP contribution < -0.4 is 0 Å². The first kappa shape index (κ1) is 67.5. The molecule has 0 aliphatic carbocycles. The van der Waals surface area contributed by atoms with Gasteiger partial charge in [0.2, 0.25) is 0 Å². The summed E-state index contributed by atoms with van der Waals surface area (Å²) in [5, 5.41) is 9.64. The minimum atomic E-state index is -0.799. The van der Waals surface area contributed by atoms with Crippen molar-refractivity contribution in [3.05, 3.63) is 158 Å². The van der Waals surface area contributed by atoms with E-state index in [-0.39, 0.29) is 25.2 Å². The summed E-state index contributed by atoms with van der Waals surface area (Å²) in [7, 11) is 0. The average Bonchev–Trinajstić information content (AvgIpc) is 3.38. The zero-order valence-electron chi connectivity index (χ0n) is 46.1. The summed E-state index contributed by atoms with van der Waals surface area (Å²) >= 11 is 0. The Kier molecular flexibility index (Phi) is 57.0. The van der Waals surface area contributed by atoms with Crippen LogP contribution in [0.5, 0.6) is 0 Å². The number of allylic oxidation sites excluding steroid dienone is 26. The standard InChI is InChI=1S/C67H106O5/c1-3-5-7-9-11-13-15-17-19-21-22-23-24-25-26-27-28-29-30-31-32-33-34-35-36-37-38-39-40-41-42-43-44-46-48-50-52-54-56-58-60-62-67(70)72-65(63-68)64-71-66(69)61-59-57-55-53-51-49-47-45-20-18-16-14-12-10-8-6-4-2/h5,7,11,13,17-20,22-23,25-26,28-29,31-32,34-35,37-38,40-41,43-44,48,50,65,68H,3-4,6,8-10,12,14-16,21,24,27,30,33,36,39,42,45-47,49,51-64H2,1-2H3/b7-5-,13-11-,19-17-,20-18-,23-22-,26-25-,29-28-,32-31-,35-34-,38-37-,41-40-,44-43-,50-48-. The molecular weight excluding hydrogens is 885 g/mol. The van der Waals surface area contributed by atoms with Crippen molar-refractivity contribution in [1.82, 2.24) is 0 Å². The third kappa shape index (κ3) is 58.1. The normalized spacial score (nSPS) is 13.4. The molecule has 0 aliphatic heterocycles. The molecule has 0 aromatic carbocycles. The van der Waals surface area contributed by atoms with Gasteiger partial charge in [0, 0.05) is 12.8 Å². The Bertz CT molecular complexity index is 1590. The highest BCUT2D eigenvalue weighted by Gasteiger charge is 2.16. The van der Waals surface area contributed by atoms with Crippen LogP contribution in [0.3, 0.4) is 0 Å². The van der Waals surface area contributed by atoms with Crippen LogP contribution >= 0.6 is 0 Å². The van der Waals surface area contributed by atoms with Gasteiger partial charge in [-0.15, -0.1) is 0 Å². The van der Waals surface area contributed by atoms with Crippen molar-refractivity contribution < 1.29 is 24.2 Å². The number of aliphatic hydroxyl groups is 1. The molecule has 404 valence electrons. The zero-order chi connectivity index (χ0) is 52.0. The lowest BCUT2D eigenvalue weighted by molar-refractivity contribution is -0.161.